The van der Waals surface area contributed by atoms with Crippen LogP contribution in [0.4, 0.5) is 5.69 Å². The molecule has 0 fully saturated rings. The summed E-state index contributed by atoms with van der Waals surface area (Å²) in [5.74, 6) is 0.489. The van der Waals surface area contributed by atoms with E-state index in [0.717, 1.165) is 15.8 Å². The highest BCUT2D eigenvalue weighted by molar-refractivity contribution is 7.71. The highest BCUT2D eigenvalue weighted by Crippen LogP contribution is 2.23. The van der Waals surface area contributed by atoms with Gasteiger partial charge in [0.05, 0.1) is 16.6 Å². The van der Waals surface area contributed by atoms with Crippen LogP contribution < -0.4 is 5.32 Å². The minimum Gasteiger partial charge on any atom is -0.325 e. The van der Waals surface area contributed by atoms with Crippen LogP contribution in [0.15, 0.2) is 41.9 Å². The number of carbonyl (C=O) groups is 1. The van der Waals surface area contributed by atoms with Crippen LogP contribution in [0, 0.1) is 4.77 Å². The molecule has 24 heavy (non-hydrogen) atoms. The zero-order valence-electron chi connectivity index (χ0n) is 12.3. The molecule has 0 saturated carbocycles. The molecule has 1 amide bonds. The number of amides is 1. The summed E-state index contributed by atoms with van der Waals surface area (Å²) in [7, 11) is 0. The normalized spacial score (nSPS) is 11.0. The maximum absolute atomic E-state index is 12.4. The minimum absolute atomic E-state index is 0.0893. The van der Waals surface area contributed by atoms with Crippen molar-refractivity contribution in [1.82, 2.24) is 25.0 Å². The summed E-state index contributed by atoms with van der Waals surface area (Å²) in [6.07, 6.45) is 1.71. The second-order valence-electron chi connectivity index (χ2n) is 5.14. The van der Waals surface area contributed by atoms with Crippen LogP contribution in [0.5, 0.6) is 0 Å². The Hall–Kier alpha value is -2.78. The van der Waals surface area contributed by atoms with Crippen molar-refractivity contribution in [2.75, 3.05) is 5.32 Å². The maximum atomic E-state index is 12.4. The van der Waals surface area contributed by atoms with E-state index in [1.165, 1.54) is 0 Å². The molecule has 1 aromatic carbocycles. The Labute approximate surface area is 145 Å². The van der Waals surface area contributed by atoms with Crippen molar-refractivity contribution in [2.45, 2.75) is 6.54 Å². The van der Waals surface area contributed by atoms with E-state index in [1.54, 1.807) is 22.1 Å². The number of benzene rings is 1. The highest BCUT2D eigenvalue weighted by Gasteiger charge is 2.13. The summed E-state index contributed by atoms with van der Waals surface area (Å²) < 4.78 is 2.10. The molecule has 0 unspecified atom stereocenters. The Morgan fingerprint density at radius 1 is 1.33 bits per heavy atom. The third-order valence-corrected chi connectivity index (χ3v) is 4.70. The van der Waals surface area contributed by atoms with Gasteiger partial charge in [0.15, 0.2) is 10.6 Å². The summed E-state index contributed by atoms with van der Waals surface area (Å²) in [6, 6.07) is 9.44. The number of hydrogen-bond acceptors (Lipinski definition) is 5. The van der Waals surface area contributed by atoms with Crippen molar-refractivity contribution >= 4 is 46.1 Å². The average Bonchev–Trinajstić information content (AvgIpc) is 3.29. The molecule has 0 spiro atoms. The van der Waals surface area contributed by atoms with Gasteiger partial charge in [-0.25, -0.2) is 0 Å². The lowest BCUT2D eigenvalue weighted by Gasteiger charge is -2.07. The summed E-state index contributed by atoms with van der Waals surface area (Å²) in [6.45, 7) is 0.0893. The number of carbonyl (C=O) groups excluding carboxylic acids is 1. The molecule has 120 valence electrons. The Balaban J connectivity index is 1.56. The van der Waals surface area contributed by atoms with E-state index in [0.29, 0.717) is 16.3 Å². The van der Waals surface area contributed by atoms with Gasteiger partial charge in [-0.2, -0.15) is 10.2 Å². The Kier molecular flexibility index (Phi) is 3.71. The van der Waals surface area contributed by atoms with Gasteiger partial charge in [-0.15, -0.1) is 11.3 Å². The molecule has 3 aromatic heterocycles. The molecule has 0 radical (unpaired) electrons. The molecular formula is C15H12N6OS2. The van der Waals surface area contributed by atoms with E-state index >= 15 is 0 Å². The molecule has 4 aromatic rings. The van der Waals surface area contributed by atoms with Gasteiger partial charge >= 0.3 is 0 Å². The lowest BCUT2D eigenvalue weighted by Crippen LogP contribution is -2.19. The van der Waals surface area contributed by atoms with Crippen molar-refractivity contribution in [3.05, 3.63) is 46.7 Å². The number of H-pyrrole nitrogens is 2. The molecule has 0 saturated heterocycles. The first-order valence-electron chi connectivity index (χ1n) is 7.13. The van der Waals surface area contributed by atoms with Crippen molar-refractivity contribution in [3.63, 3.8) is 0 Å². The van der Waals surface area contributed by atoms with Gasteiger partial charge in [-0.3, -0.25) is 19.6 Å². The Morgan fingerprint density at radius 2 is 2.25 bits per heavy atom. The number of aromatic amines is 2. The van der Waals surface area contributed by atoms with Crippen LogP contribution in [0.1, 0.15) is 0 Å². The van der Waals surface area contributed by atoms with Gasteiger partial charge in [-0.1, -0.05) is 6.07 Å². The second-order valence-corrected chi connectivity index (χ2v) is 6.47. The summed E-state index contributed by atoms with van der Waals surface area (Å²) in [5.41, 5.74) is 1.63. The molecule has 0 aliphatic rings. The van der Waals surface area contributed by atoms with Crippen molar-refractivity contribution < 1.29 is 4.79 Å². The Morgan fingerprint density at radius 3 is 3.08 bits per heavy atom. The SMILES string of the molecule is O=C(Cn1c(-c2cccs2)n[nH]c1=S)Nc1ccc2[nH]ncc2c1. The number of anilines is 1. The van der Waals surface area contributed by atoms with E-state index in [9.17, 15) is 4.79 Å². The van der Waals surface area contributed by atoms with E-state index < -0.39 is 0 Å². The number of nitrogens with one attached hydrogen (secondary N) is 3. The predicted octanol–water partition coefficient (Wildman–Crippen LogP) is 3.18. The second kappa shape index (κ2) is 6.02. The molecule has 3 N–H and O–H groups in total. The molecule has 0 aliphatic heterocycles. The van der Waals surface area contributed by atoms with Crippen molar-refractivity contribution in [2.24, 2.45) is 0 Å². The van der Waals surface area contributed by atoms with Crippen LogP contribution in [0.3, 0.4) is 0 Å². The van der Waals surface area contributed by atoms with Gasteiger partial charge in [0.1, 0.15) is 6.54 Å². The number of fused-ring (bicyclic) bond motifs is 1. The predicted molar refractivity (Wildman–Crippen MR) is 95.4 cm³/mol. The molecule has 0 atom stereocenters. The summed E-state index contributed by atoms with van der Waals surface area (Å²) in [4.78, 5) is 13.3. The van der Waals surface area contributed by atoms with Gasteiger partial charge < -0.3 is 5.32 Å². The molecule has 0 aliphatic carbocycles. The van der Waals surface area contributed by atoms with Crippen LogP contribution in [0.25, 0.3) is 21.6 Å². The standard InChI is InChI=1S/C15H12N6OS2/c22-13(17-10-3-4-11-9(6-10)7-16-18-11)8-21-14(19-20-15(21)23)12-2-1-5-24-12/h1-7H,8H2,(H,16,18)(H,17,22)(H,20,23). The van der Waals surface area contributed by atoms with E-state index in [2.05, 4.69) is 25.7 Å². The van der Waals surface area contributed by atoms with Gasteiger partial charge in [0, 0.05) is 11.1 Å². The average molecular weight is 356 g/mol. The van der Waals surface area contributed by atoms with Gasteiger partial charge in [-0.05, 0) is 41.9 Å². The quantitative estimate of drug-likeness (QED) is 0.490. The highest BCUT2D eigenvalue weighted by atomic mass is 32.1. The maximum Gasteiger partial charge on any atom is 0.244 e. The van der Waals surface area contributed by atoms with Crippen LogP contribution in [-0.2, 0) is 11.3 Å². The topological polar surface area (TPSA) is 91.4 Å². The number of rotatable bonds is 4. The minimum atomic E-state index is -0.173. The number of aromatic nitrogens is 5. The summed E-state index contributed by atoms with van der Waals surface area (Å²) in [5, 5.41) is 19.6. The van der Waals surface area contributed by atoms with Crippen LogP contribution >= 0.6 is 23.6 Å². The fraction of sp³-hybridized carbons (Fsp3) is 0.0667. The molecule has 3 heterocycles. The monoisotopic (exact) mass is 356 g/mol. The van der Waals surface area contributed by atoms with E-state index in [4.69, 9.17) is 12.2 Å². The smallest absolute Gasteiger partial charge is 0.244 e. The molecule has 0 bridgehead atoms. The number of hydrogen-bond donors (Lipinski definition) is 3. The zero-order valence-corrected chi connectivity index (χ0v) is 13.9. The van der Waals surface area contributed by atoms with Crippen LogP contribution in [-0.4, -0.2) is 30.9 Å². The third kappa shape index (κ3) is 2.74. The van der Waals surface area contributed by atoms with E-state index in [-0.39, 0.29) is 12.5 Å². The fourth-order valence-corrected chi connectivity index (χ4v) is 3.34. The van der Waals surface area contributed by atoms with Crippen LogP contribution in [0.2, 0.25) is 0 Å². The zero-order chi connectivity index (χ0) is 16.5. The van der Waals surface area contributed by atoms with Crippen molar-refractivity contribution in [3.8, 4) is 10.7 Å². The summed E-state index contributed by atoms with van der Waals surface area (Å²) >= 11 is 6.78. The lowest BCUT2D eigenvalue weighted by atomic mass is 10.2. The first-order chi connectivity index (χ1) is 11.7. The first kappa shape index (κ1) is 14.8. The molecule has 4 rings (SSSR count). The van der Waals surface area contributed by atoms with Crippen molar-refractivity contribution in [1.29, 1.82) is 0 Å². The molecule has 9 heteroatoms. The molecule has 7 nitrogen and oxygen atoms in total. The number of thiophene rings is 1. The first-order valence-corrected chi connectivity index (χ1v) is 8.41. The van der Waals surface area contributed by atoms with E-state index in [1.807, 2.05) is 35.7 Å². The third-order valence-electron chi connectivity index (χ3n) is 3.53. The number of nitrogens with zero attached hydrogens (tertiary/aromatic N) is 3. The molecular weight excluding hydrogens is 344 g/mol. The fourth-order valence-electron chi connectivity index (χ4n) is 2.42. The lowest BCUT2D eigenvalue weighted by molar-refractivity contribution is -0.116. The van der Waals surface area contributed by atoms with Gasteiger partial charge in [0.25, 0.3) is 0 Å². The van der Waals surface area contributed by atoms with Gasteiger partial charge in [0.2, 0.25) is 5.91 Å². The largest absolute Gasteiger partial charge is 0.325 e. The Bertz CT molecular complexity index is 1060.